The molecule has 0 atom stereocenters. The van der Waals surface area contributed by atoms with E-state index < -0.39 is 0 Å². The van der Waals surface area contributed by atoms with Gasteiger partial charge in [-0.15, -0.1) is 0 Å². The summed E-state index contributed by atoms with van der Waals surface area (Å²) in [5, 5.41) is 0.215. The van der Waals surface area contributed by atoms with E-state index in [2.05, 4.69) is 73.3 Å². The Balaban J connectivity index is 1.75. The summed E-state index contributed by atoms with van der Waals surface area (Å²) in [5.41, 5.74) is 4.69. The summed E-state index contributed by atoms with van der Waals surface area (Å²) >= 11 is 5.09. The summed E-state index contributed by atoms with van der Waals surface area (Å²) in [6.07, 6.45) is 1.71. The number of rotatable bonds is 4. The van der Waals surface area contributed by atoms with Gasteiger partial charge in [0.1, 0.15) is 0 Å². The number of nitrogens with zero attached hydrogens (tertiary/aromatic N) is 3. The topological polar surface area (TPSA) is 43.9 Å². The van der Waals surface area contributed by atoms with Crippen LogP contribution in [0.15, 0.2) is 66.2 Å². The maximum absolute atomic E-state index is 12.7. The number of anilines is 3. The van der Waals surface area contributed by atoms with Crippen LogP contribution in [0.25, 0.3) is 6.08 Å². The van der Waals surface area contributed by atoms with Crippen molar-refractivity contribution in [3.05, 3.63) is 81.8 Å². The fourth-order valence-corrected chi connectivity index (χ4v) is 5.70. The summed E-state index contributed by atoms with van der Waals surface area (Å²) in [6, 6.07) is 20.9. The molecular formula is C25H23N3O2SSe. The van der Waals surface area contributed by atoms with Gasteiger partial charge in [-0.2, -0.15) is 0 Å². The number of amides is 2. The molecule has 0 radical (unpaired) electrons. The molecule has 2 amide bonds. The molecule has 0 unspecified atom stereocenters. The summed E-state index contributed by atoms with van der Waals surface area (Å²) in [7, 11) is 3.19. The van der Waals surface area contributed by atoms with Crippen molar-refractivity contribution < 1.29 is 9.59 Å². The van der Waals surface area contributed by atoms with Crippen molar-refractivity contribution in [1.82, 2.24) is 9.80 Å². The Morgan fingerprint density at radius 1 is 0.781 bits per heavy atom. The van der Waals surface area contributed by atoms with Gasteiger partial charge in [-0.3, -0.25) is 0 Å². The third-order valence-electron chi connectivity index (χ3n) is 5.35. The molecule has 0 N–H and O–H groups in total. The zero-order valence-corrected chi connectivity index (χ0v) is 20.9. The predicted molar refractivity (Wildman–Crippen MR) is 134 cm³/mol. The van der Waals surface area contributed by atoms with Crippen LogP contribution in [-0.2, 0) is 9.59 Å². The quantitative estimate of drug-likeness (QED) is 0.227. The predicted octanol–water partition coefficient (Wildman–Crippen LogP) is 4.43. The summed E-state index contributed by atoms with van der Waals surface area (Å²) in [6.45, 7) is 4.14. The summed E-state index contributed by atoms with van der Waals surface area (Å²) in [5.74, 6) is -0.727. The molecule has 1 aromatic heterocycles. The maximum atomic E-state index is 12.7. The number of likely N-dealkylation sites (N-methyl/N-ethyl adjacent to an activating group) is 2. The molecule has 3 aromatic rings. The molecule has 1 saturated heterocycles. The van der Waals surface area contributed by atoms with Gasteiger partial charge in [0.15, 0.2) is 0 Å². The van der Waals surface area contributed by atoms with Gasteiger partial charge in [0.2, 0.25) is 0 Å². The van der Waals surface area contributed by atoms with Crippen LogP contribution in [0.1, 0.15) is 15.6 Å². The SMILES string of the molecule is Cc1ccc(N(c2ccc(C)cc2)c2ccc(C=C3C(=O)N(C)C(=S)N(C)C3=O)[se]2)cc1. The van der Waals surface area contributed by atoms with Crippen molar-refractivity contribution in [3.8, 4) is 0 Å². The van der Waals surface area contributed by atoms with E-state index in [-0.39, 0.29) is 37.0 Å². The van der Waals surface area contributed by atoms with Crippen LogP contribution in [0.3, 0.4) is 0 Å². The van der Waals surface area contributed by atoms with Crippen molar-refractivity contribution in [1.29, 1.82) is 0 Å². The van der Waals surface area contributed by atoms with E-state index in [1.165, 1.54) is 20.9 Å². The fourth-order valence-electron chi connectivity index (χ4n) is 3.45. The van der Waals surface area contributed by atoms with Gasteiger partial charge in [0.25, 0.3) is 0 Å². The van der Waals surface area contributed by atoms with Crippen molar-refractivity contribution in [2.45, 2.75) is 13.8 Å². The molecule has 32 heavy (non-hydrogen) atoms. The Labute approximate surface area is 199 Å². The Morgan fingerprint density at radius 2 is 1.25 bits per heavy atom. The molecule has 162 valence electrons. The monoisotopic (exact) mass is 509 g/mol. The zero-order valence-electron chi connectivity index (χ0n) is 18.3. The number of thiocarbonyl (C=S) groups is 1. The van der Waals surface area contributed by atoms with Gasteiger partial charge in [0.05, 0.1) is 0 Å². The zero-order chi connectivity index (χ0) is 23.0. The van der Waals surface area contributed by atoms with E-state index in [0.29, 0.717) is 0 Å². The Hall–Kier alpha value is -2.99. The van der Waals surface area contributed by atoms with Crippen molar-refractivity contribution in [3.63, 3.8) is 0 Å². The van der Waals surface area contributed by atoms with Crippen LogP contribution in [0.4, 0.5) is 15.9 Å². The van der Waals surface area contributed by atoms with E-state index in [1.807, 2.05) is 6.07 Å². The summed E-state index contributed by atoms with van der Waals surface area (Å²) in [4.78, 5) is 30.3. The van der Waals surface area contributed by atoms with E-state index in [9.17, 15) is 9.59 Å². The van der Waals surface area contributed by atoms with Crippen LogP contribution >= 0.6 is 12.2 Å². The van der Waals surface area contributed by atoms with E-state index in [4.69, 9.17) is 12.2 Å². The number of hydrogen-bond acceptors (Lipinski definition) is 4. The summed E-state index contributed by atoms with van der Waals surface area (Å²) < 4.78 is 2.09. The molecule has 2 aromatic carbocycles. The first-order chi connectivity index (χ1) is 15.3. The number of benzene rings is 2. The van der Waals surface area contributed by atoms with Crippen LogP contribution in [0, 0.1) is 13.8 Å². The minimum absolute atomic E-state index is 0.0849. The van der Waals surface area contributed by atoms with Crippen LogP contribution in [-0.4, -0.2) is 55.3 Å². The second kappa shape index (κ2) is 8.87. The van der Waals surface area contributed by atoms with Gasteiger partial charge >= 0.3 is 200 Å². The average molecular weight is 509 g/mol. The molecule has 5 nitrogen and oxygen atoms in total. The first kappa shape index (κ1) is 22.2. The van der Waals surface area contributed by atoms with Gasteiger partial charge in [-0.1, -0.05) is 0 Å². The fraction of sp³-hybridized carbons (Fsp3) is 0.160. The number of carbonyl (C=O) groups is 2. The third-order valence-corrected chi connectivity index (χ3v) is 8.03. The van der Waals surface area contributed by atoms with Crippen molar-refractivity contribution in [2.75, 3.05) is 19.0 Å². The van der Waals surface area contributed by atoms with Crippen molar-refractivity contribution in [2.24, 2.45) is 0 Å². The van der Waals surface area contributed by atoms with Gasteiger partial charge < -0.3 is 0 Å². The van der Waals surface area contributed by atoms with Gasteiger partial charge in [-0.05, 0) is 0 Å². The Morgan fingerprint density at radius 3 is 1.72 bits per heavy atom. The standard InChI is InChI=1S/C25H23N3O2SSe/c1-16-5-9-18(10-6-16)28(19-11-7-17(2)8-12-19)22-14-13-20(32-22)15-21-23(29)26(3)25(31)27(4)24(21)30/h5-15H,1-4H3. The average Bonchev–Trinajstić information content (AvgIpc) is 3.25. The van der Waals surface area contributed by atoms with Crippen LogP contribution in [0.2, 0.25) is 0 Å². The number of aryl methyl sites for hydroxylation is 2. The third kappa shape index (κ3) is 4.19. The van der Waals surface area contributed by atoms with E-state index in [0.717, 1.165) is 20.4 Å². The molecule has 7 heteroatoms. The van der Waals surface area contributed by atoms with Crippen LogP contribution < -0.4 is 4.90 Å². The number of carbonyl (C=O) groups excluding carboxylic acids is 2. The second-order valence-corrected chi connectivity index (χ2v) is 10.4. The molecular weight excluding hydrogens is 485 g/mol. The second-order valence-electron chi connectivity index (χ2n) is 7.75. The minimum atomic E-state index is -0.364. The van der Waals surface area contributed by atoms with E-state index in [1.54, 1.807) is 20.2 Å². The van der Waals surface area contributed by atoms with Crippen LogP contribution in [0.5, 0.6) is 0 Å². The molecule has 1 fully saturated rings. The molecule has 0 saturated carbocycles. The van der Waals surface area contributed by atoms with E-state index >= 15 is 0 Å². The van der Waals surface area contributed by atoms with Crippen molar-refractivity contribution >= 4 is 65.7 Å². The normalized spacial score (nSPS) is 14.2. The Bertz CT molecular complexity index is 1160. The molecule has 0 aliphatic carbocycles. The molecule has 4 rings (SSSR count). The van der Waals surface area contributed by atoms with Gasteiger partial charge in [-0.25, -0.2) is 0 Å². The molecule has 1 aliphatic heterocycles. The molecule has 2 heterocycles. The molecule has 0 bridgehead atoms. The molecule has 0 spiro atoms. The number of hydrogen-bond donors (Lipinski definition) is 0. The first-order valence-corrected chi connectivity index (χ1v) is 12.2. The first-order valence-electron chi connectivity index (χ1n) is 10.1. The Kier molecular flexibility index (Phi) is 6.15. The molecule has 1 aliphatic rings. The van der Waals surface area contributed by atoms with Gasteiger partial charge in [0, 0.05) is 0 Å².